The van der Waals surface area contributed by atoms with Crippen LogP contribution in [0.2, 0.25) is 0 Å². The van der Waals surface area contributed by atoms with Gasteiger partial charge in [-0.25, -0.2) is 0 Å². The van der Waals surface area contributed by atoms with Gasteiger partial charge in [0.05, 0.1) is 19.4 Å². The number of likely N-dealkylation sites (tertiary alicyclic amines) is 1. The summed E-state index contributed by atoms with van der Waals surface area (Å²) in [6.07, 6.45) is 10.8. The fraction of sp³-hybridized carbons (Fsp3) is 0.625. The zero-order chi connectivity index (χ0) is 22.2. The highest BCUT2D eigenvalue weighted by atomic mass is 32.2. The van der Waals surface area contributed by atoms with Gasteiger partial charge in [0, 0.05) is 30.9 Å². The number of aromatic nitrogens is 3. The zero-order valence-corrected chi connectivity index (χ0v) is 19.9. The smallest absolute Gasteiger partial charge is 0.233 e. The van der Waals surface area contributed by atoms with Crippen molar-refractivity contribution < 1.29 is 9.53 Å². The third kappa shape index (κ3) is 5.97. The van der Waals surface area contributed by atoms with Crippen molar-refractivity contribution in [3.63, 3.8) is 0 Å². The molecule has 1 aliphatic carbocycles. The maximum Gasteiger partial charge on any atom is 0.233 e. The lowest BCUT2D eigenvalue weighted by atomic mass is 9.95. The van der Waals surface area contributed by atoms with E-state index in [0.717, 1.165) is 61.2 Å². The van der Waals surface area contributed by atoms with E-state index in [1.54, 1.807) is 18.9 Å². The standard InChI is InChI=1S/C24H35N5O2S/c1-31-21-13-9-10-19(16-21)25-17-22-26-27-24(29(22)20-11-5-4-6-12-20)32-18-23(30)28-14-7-2-3-8-15-28/h9-10,13,16,20,25H,2-8,11-12,14-15,17-18H2,1H3. The van der Waals surface area contributed by atoms with Gasteiger partial charge in [-0.05, 0) is 37.8 Å². The number of nitrogens with zero attached hydrogens (tertiary/aromatic N) is 4. The van der Waals surface area contributed by atoms with E-state index in [1.807, 2.05) is 29.2 Å². The summed E-state index contributed by atoms with van der Waals surface area (Å²) in [5.74, 6) is 2.43. The molecule has 0 atom stereocenters. The number of amides is 1. The van der Waals surface area contributed by atoms with Gasteiger partial charge in [0.2, 0.25) is 5.91 Å². The Morgan fingerprint density at radius 3 is 2.59 bits per heavy atom. The number of nitrogens with one attached hydrogen (secondary N) is 1. The molecule has 1 aromatic carbocycles. The molecule has 2 fully saturated rings. The minimum Gasteiger partial charge on any atom is -0.497 e. The predicted molar refractivity (Wildman–Crippen MR) is 128 cm³/mol. The highest BCUT2D eigenvalue weighted by Gasteiger charge is 2.24. The summed E-state index contributed by atoms with van der Waals surface area (Å²) in [5, 5.41) is 13.4. The number of rotatable bonds is 8. The number of hydrogen-bond acceptors (Lipinski definition) is 6. The van der Waals surface area contributed by atoms with Crippen molar-refractivity contribution in [1.82, 2.24) is 19.7 Å². The van der Waals surface area contributed by atoms with E-state index in [-0.39, 0.29) is 5.91 Å². The molecule has 1 saturated heterocycles. The second-order valence-electron chi connectivity index (χ2n) is 8.73. The van der Waals surface area contributed by atoms with Crippen LogP contribution in [0.15, 0.2) is 29.4 Å². The first-order valence-electron chi connectivity index (χ1n) is 12.0. The molecule has 2 aliphatic rings. The second-order valence-corrected chi connectivity index (χ2v) is 9.67. The van der Waals surface area contributed by atoms with E-state index in [9.17, 15) is 4.79 Å². The van der Waals surface area contributed by atoms with Crippen molar-refractivity contribution in [2.24, 2.45) is 0 Å². The van der Waals surface area contributed by atoms with Crippen molar-refractivity contribution in [3.8, 4) is 5.75 Å². The molecule has 0 spiro atoms. The number of carbonyl (C=O) groups is 1. The van der Waals surface area contributed by atoms with E-state index < -0.39 is 0 Å². The van der Waals surface area contributed by atoms with Crippen LogP contribution in [0.3, 0.4) is 0 Å². The van der Waals surface area contributed by atoms with Crippen LogP contribution in [0.1, 0.15) is 69.7 Å². The molecule has 174 valence electrons. The molecule has 1 N–H and O–H groups in total. The average Bonchev–Trinajstić information content (AvgIpc) is 3.04. The lowest BCUT2D eigenvalue weighted by Gasteiger charge is -2.26. The molecule has 0 radical (unpaired) electrons. The fourth-order valence-corrected chi connectivity index (χ4v) is 5.61. The Kier molecular flexibility index (Phi) is 8.31. The van der Waals surface area contributed by atoms with E-state index in [1.165, 1.54) is 32.1 Å². The van der Waals surface area contributed by atoms with Gasteiger partial charge < -0.3 is 19.5 Å². The molecule has 4 rings (SSSR count). The van der Waals surface area contributed by atoms with Crippen molar-refractivity contribution in [2.45, 2.75) is 75.5 Å². The molecular weight excluding hydrogens is 422 g/mol. The van der Waals surface area contributed by atoms with Crippen LogP contribution in [-0.2, 0) is 11.3 Å². The molecule has 2 aromatic rings. The zero-order valence-electron chi connectivity index (χ0n) is 19.1. The Balaban J connectivity index is 1.45. The van der Waals surface area contributed by atoms with Crippen LogP contribution in [0, 0.1) is 0 Å². The molecule has 1 aliphatic heterocycles. The van der Waals surface area contributed by atoms with Crippen molar-refractivity contribution in [3.05, 3.63) is 30.1 Å². The largest absolute Gasteiger partial charge is 0.497 e. The molecule has 1 aromatic heterocycles. The third-order valence-electron chi connectivity index (χ3n) is 6.48. The van der Waals surface area contributed by atoms with Crippen molar-refractivity contribution in [1.29, 1.82) is 0 Å². The first-order chi connectivity index (χ1) is 15.7. The van der Waals surface area contributed by atoms with Gasteiger partial charge in [-0.2, -0.15) is 0 Å². The van der Waals surface area contributed by atoms with Crippen LogP contribution in [0.25, 0.3) is 0 Å². The summed E-state index contributed by atoms with van der Waals surface area (Å²) in [6.45, 7) is 2.38. The topological polar surface area (TPSA) is 72.3 Å². The number of carbonyl (C=O) groups excluding carboxylic acids is 1. The Morgan fingerprint density at radius 2 is 1.84 bits per heavy atom. The third-order valence-corrected chi connectivity index (χ3v) is 7.41. The van der Waals surface area contributed by atoms with Gasteiger partial charge in [-0.1, -0.05) is 49.9 Å². The van der Waals surface area contributed by atoms with E-state index in [2.05, 4.69) is 20.1 Å². The van der Waals surface area contributed by atoms with Gasteiger partial charge in [0.1, 0.15) is 5.75 Å². The van der Waals surface area contributed by atoms with Crippen molar-refractivity contribution in [2.75, 3.05) is 31.3 Å². The molecule has 0 bridgehead atoms. The molecule has 7 nitrogen and oxygen atoms in total. The maximum atomic E-state index is 12.8. The number of methoxy groups -OCH3 is 1. The Labute approximate surface area is 195 Å². The van der Waals surface area contributed by atoms with Crippen LogP contribution in [0.4, 0.5) is 5.69 Å². The quantitative estimate of drug-likeness (QED) is 0.569. The second kappa shape index (κ2) is 11.6. The van der Waals surface area contributed by atoms with Crippen LogP contribution in [0.5, 0.6) is 5.75 Å². The molecule has 2 heterocycles. The van der Waals surface area contributed by atoms with Crippen LogP contribution < -0.4 is 10.1 Å². The lowest BCUT2D eigenvalue weighted by molar-refractivity contribution is -0.128. The first-order valence-corrected chi connectivity index (χ1v) is 13.0. The van der Waals surface area contributed by atoms with Crippen molar-refractivity contribution >= 4 is 23.4 Å². The molecule has 32 heavy (non-hydrogen) atoms. The first kappa shape index (κ1) is 23.0. The van der Waals surface area contributed by atoms with Crippen LogP contribution in [-0.4, -0.2) is 51.5 Å². The molecule has 1 amide bonds. The number of hydrogen-bond donors (Lipinski definition) is 1. The number of ether oxygens (including phenoxy) is 1. The summed E-state index contributed by atoms with van der Waals surface area (Å²) in [4.78, 5) is 14.8. The summed E-state index contributed by atoms with van der Waals surface area (Å²) < 4.78 is 7.63. The minimum absolute atomic E-state index is 0.228. The fourth-order valence-electron chi connectivity index (χ4n) is 4.68. The predicted octanol–water partition coefficient (Wildman–Crippen LogP) is 4.90. The Hall–Kier alpha value is -2.22. The number of benzene rings is 1. The summed E-state index contributed by atoms with van der Waals surface area (Å²) in [6, 6.07) is 8.33. The summed E-state index contributed by atoms with van der Waals surface area (Å²) in [5.41, 5.74) is 0.994. The van der Waals surface area contributed by atoms with Gasteiger partial charge in [0.25, 0.3) is 0 Å². The van der Waals surface area contributed by atoms with Gasteiger partial charge >= 0.3 is 0 Å². The molecule has 8 heteroatoms. The molecule has 0 unspecified atom stereocenters. The maximum absolute atomic E-state index is 12.8. The summed E-state index contributed by atoms with van der Waals surface area (Å²) >= 11 is 1.55. The Morgan fingerprint density at radius 1 is 1.09 bits per heavy atom. The van der Waals surface area contributed by atoms with E-state index in [0.29, 0.717) is 18.3 Å². The highest BCUT2D eigenvalue weighted by Crippen LogP contribution is 2.33. The van der Waals surface area contributed by atoms with Gasteiger partial charge in [0.15, 0.2) is 11.0 Å². The lowest BCUT2D eigenvalue weighted by Crippen LogP contribution is -2.33. The number of anilines is 1. The highest BCUT2D eigenvalue weighted by molar-refractivity contribution is 7.99. The number of thioether (sulfide) groups is 1. The van der Waals surface area contributed by atoms with Crippen LogP contribution >= 0.6 is 11.8 Å². The van der Waals surface area contributed by atoms with Gasteiger partial charge in [-0.3, -0.25) is 4.79 Å². The average molecular weight is 458 g/mol. The van der Waals surface area contributed by atoms with E-state index in [4.69, 9.17) is 4.74 Å². The van der Waals surface area contributed by atoms with E-state index >= 15 is 0 Å². The molecule has 1 saturated carbocycles. The monoisotopic (exact) mass is 457 g/mol. The Bertz CT molecular complexity index is 873. The summed E-state index contributed by atoms with van der Waals surface area (Å²) in [7, 11) is 1.68. The molecular formula is C24H35N5O2S. The van der Waals surface area contributed by atoms with Gasteiger partial charge in [-0.15, -0.1) is 10.2 Å². The SMILES string of the molecule is COc1cccc(NCc2nnc(SCC(=O)N3CCCCCC3)n2C2CCCCC2)c1. The minimum atomic E-state index is 0.228. The normalized spacial score (nSPS) is 17.7.